The molecule has 0 saturated carbocycles. The minimum atomic E-state index is -3.02. The van der Waals surface area contributed by atoms with Gasteiger partial charge in [0.2, 0.25) is 0 Å². The Hall–Kier alpha value is 0.160. The summed E-state index contributed by atoms with van der Waals surface area (Å²) in [5.41, 5.74) is 0. The van der Waals surface area contributed by atoms with Gasteiger partial charge in [-0.3, -0.25) is 4.90 Å². The van der Waals surface area contributed by atoms with E-state index in [9.17, 15) is 13.5 Å². The zero-order valence-corrected chi connectivity index (χ0v) is 11.8. The van der Waals surface area contributed by atoms with Crippen molar-refractivity contribution in [2.45, 2.75) is 50.8 Å². The minimum Gasteiger partial charge on any atom is -1.00 e. The standard InChI is InChI=1S/C11H21NO3S.ClH/c1-2-9-5-3-4-6-12(9)10-7-16(14,15)8-11(10)13;/h9-11,13H,2-8H2,1H3;1H/p-1. The third-order valence-electron chi connectivity index (χ3n) is 3.86. The molecule has 2 fully saturated rings. The van der Waals surface area contributed by atoms with Gasteiger partial charge in [0.15, 0.2) is 9.84 Å². The molecule has 0 aromatic heterocycles. The van der Waals surface area contributed by atoms with E-state index in [1.54, 1.807) is 0 Å². The largest absolute Gasteiger partial charge is 1.00 e. The van der Waals surface area contributed by atoms with Crippen molar-refractivity contribution in [3.63, 3.8) is 0 Å². The Labute approximate surface area is 110 Å². The van der Waals surface area contributed by atoms with E-state index < -0.39 is 15.9 Å². The normalized spacial score (nSPS) is 37.6. The molecule has 17 heavy (non-hydrogen) atoms. The van der Waals surface area contributed by atoms with Crippen molar-refractivity contribution in [3.8, 4) is 0 Å². The van der Waals surface area contributed by atoms with E-state index in [1.807, 2.05) is 0 Å². The lowest BCUT2D eigenvalue weighted by Gasteiger charge is -2.40. The molecular weight excluding hydrogens is 262 g/mol. The molecule has 102 valence electrons. The molecule has 2 rings (SSSR count). The Kier molecular flexibility index (Phi) is 5.25. The van der Waals surface area contributed by atoms with Gasteiger partial charge in [-0.25, -0.2) is 8.42 Å². The summed E-state index contributed by atoms with van der Waals surface area (Å²) < 4.78 is 23.0. The van der Waals surface area contributed by atoms with Crippen LogP contribution in [0.4, 0.5) is 0 Å². The Morgan fingerprint density at radius 1 is 1.29 bits per heavy atom. The van der Waals surface area contributed by atoms with E-state index in [1.165, 1.54) is 6.42 Å². The van der Waals surface area contributed by atoms with Crippen molar-refractivity contribution in [1.29, 1.82) is 0 Å². The zero-order chi connectivity index (χ0) is 11.8. The highest BCUT2D eigenvalue weighted by atomic mass is 35.5. The number of nitrogens with zero attached hydrogens (tertiary/aromatic N) is 1. The van der Waals surface area contributed by atoms with Crippen LogP contribution in [0.5, 0.6) is 0 Å². The summed E-state index contributed by atoms with van der Waals surface area (Å²) in [4.78, 5) is 2.23. The minimum absolute atomic E-state index is 0. The number of hydrogen-bond donors (Lipinski definition) is 1. The molecule has 1 N–H and O–H groups in total. The number of rotatable bonds is 2. The first-order valence-electron chi connectivity index (χ1n) is 6.17. The van der Waals surface area contributed by atoms with E-state index in [4.69, 9.17) is 0 Å². The van der Waals surface area contributed by atoms with E-state index in [2.05, 4.69) is 11.8 Å². The van der Waals surface area contributed by atoms with Crippen molar-refractivity contribution in [2.24, 2.45) is 0 Å². The van der Waals surface area contributed by atoms with Gasteiger partial charge in [-0.15, -0.1) is 0 Å². The Morgan fingerprint density at radius 2 is 2.00 bits per heavy atom. The maximum Gasteiger partial charge on any atom is 0.154 e. The molecule has 0 aliphatic carbocycles. The third kappa shape index (κ3) is 3.34. The Bertz CT molecular complexity index is 347. The van der Waals surface area contributed by atoms with Crippen LogP contribution in [0.3, 0.4) is 0 Å². The molecule has 3 unspecified atom stereocenters. The fraction of sp³-hybridized carbons (Fsp3) is 1.00. The van der Waals surface area contributed by atoms with Crippen LogP contribution in [0.1, 0.15) is 32.6 Å². The molecule has 0 aromatic carbocycles. The van der Waals surface area contributed by atoms with Crippen molar-refractivity contribution in [2.75, 3.05) is 18.1 Å². The molecular formula is C11H21ClNO3S-. The summed E-state index contributed by atoms with van der Waals surface area (Å²) in [5, 5.41) is 9.87. The van der Waals surface area contributed by atoms with E-state index in [0.29, 0.717) is 6.04 Å². The summed E-state index contributed by atoms with van der Waals surface area (Å²) in [6, 6.07) is 0.303. The second-order valence-electron chi connectivity index (χ2n) is 5.01. The van der Waals surface area contributed by atoms with Gasteiger partial charge >= 0.3 is 0 Å². The van der Waals surface area contributed by atoms with E-state index in [0.717, 1.165) is 25.8 Å². The third-order valence-corrected chi connectivity index (χ3v) is 5.56. The molecule has 0 radical (unpaired) electrons. The van der Waals surface area contributed by atoms with Gasteiger partial charge in [-0.05, 0) is 25.8 Å². The maximum atomic E-state index is 11.5. The van der Waals surface area contributed by atoms with E-state index >= 15 is 0 Å². The van der Waals surface area contributed by atoms with Crippen molar-refractivity contribution in [1.82, 2.24) is 4.90 Å². The molecule has 2 saturated heterocycles. The number of halogens is 1. The summed E-state index contributed by atoms with van der Waals surface area (Å²) in [7, 11) is -3.02. The topological polar surface area (TPSA) is 57.6 Å². The predicted molar refractivity (Wildman–Crippen MR) is 63.1 cm³/mol. The zero-order valence-electron chi connectivity index (χ0n) is 10.2. The summed E-state index contributed by atoms with van der Waals surface area (Å²) in [5.74, 6) is 0.0925. The molecule has 0 amide bonds. The maximum absolute atomic E-state index is 11.5. The molecule has 2 aliphatic rings. The number of sulfone groups is 1. The smallest absolute Gasteiger partial charge is 0.154 e. The summed E-state index contributed by atoms with van der Waals surface area (Å²) in [6.07, 6.45) is 3.85. The monoisotopic (exact) mass is 282 g/mol. The molecule has 2 heterocycles. The Balaban J connectivity index is 0.00000144. The second kappa shape index (κ2) is 5.87. The van der Waals surface area contributed by atoms with Crippen LogP contribution in [0.25, 0.3) is 0 Å². The lowest BCUT2D eigenvalue weighted by Crippen LogP contribution is -3.00. The Morgan fingerprint density at radius 3 is 2.53 bits per heavy atom. The van der Waals surface area contributed by atoms with Crippen molar-refractivity contribution < 1.29 is 25.9 Å². The van der Waals surface area contributed by atoms with Gasteiger partial charge in [0.05, 0.1) is 23.7 Å². The number of hydrogen-bond acceptors (Lipinski definition) is 4. The van der Waals surface area contributed by atoms with Gasteiger partial charge in [0, 0.05) is 6.04 Å². The highest BCUT2D eigenvalue weighted by Gasteiger charge is 2.42. The first-order valence-corrected chi connectivity index (χ1v) is 8.00. The number of aliphatic hydroxyl groups excluding tert-OH is 1. The van der Waals surface area contributed by atoms with E-state index in [-0.39, 0.29) is 30.0 Å². The highest BCUT2D eigenvalue weighted by Crippen LogP contribution is 2.27. The molecule has 0 spiro atoms. The van der Waals surface area contributed by atoms with Gasteiger partial charge in [0.1, 0.15) is 0 Å². The van der Waals surface area contributed by atoms with Crippen LogP contribution in [-0.4, -0.2) is 54.7 Å². The summed E-state index contributed by atoms with van der Waals surface area (Å²) >= 11 is 0. The molecule has 0 aromatic rings. The number of piperidine rings is 1. The van der Waals surface area contributed by atoms with Crippen LogP contribution in [-0.2, 0) is 9.84 Å². The van der Waals surface area contributed by atoms with Gasteiger partial charge in [-0.2, -0.15) is 0 Å². The number of aliphatic hydroxyl groups is 1. The fourth-order valence-electron chi connectivity index (χ4n) is 3.03. The first kappa shape index (κ1) is 15.2. The van der Waals surface area contributed by atoms with Crippen molar-refractivity contribution in [3.05, 3.63) is 0 Å². The average molecular weight is 283 g/mol. The fourth-order valence-corrected chi connectivity index (χ4v) is 4.84. The molecule has 3 atom stereocenters. The van der Waals surface area contributed by atoms with Crippen LogP contribution in [0, 0.1) is 0 Å². The van der Waals surface area contributed by atoms with Crippen molar-refractivity contribution >= 4 is 9.84 Å². The lowest BCUT2D eigenvalue weighted by molar-refractivity contribution is -0.00000839. The van der Waals surface area contributed by atoms with Gasteiger partial charge in [-0.1, -0.05) is 13.3 Å². The predicted octanol–water partition coefficient (Wildman–Crippen LogP) is -2.59. The molecule has 2 aliphatic heterocycles. The van der Waals surface area contributed by atoms with Crippen LogP contribution >= 0.6 is 0 Å². The summed E-state index contributed by atoms with van der Waals surface area (Å²) in [6.45, 7) is 3.08. The first-order chi connectivity index (χ1) is 7.53. The van der Waals surface area contributed by atoms with Gasteiger partial charge in [0.25, 0.3) is 0 Å². The van der Waals surface area contributed by atoms with Crippen LogP contribution < -0.4 is 12.4 Å². The number of likely N-dealkylation sites (tertiary alicyclic amines) is 1. The van der Waals surface area contributed by atoms with Crippen LogP contribution in [0.2, 0.25) is 0 Å². The van der Waals surface area contributed by atoms with Gasteiger partial charge < -0.3 is 17.5 Å². The quantitative estimate of drug-likeness (QED) is 0.604. The molecule has 0 bridgehead atoms. The molecule has 6 heteroatoms. The SMILES string of the molecule is CCC1CCCCN1C1CS(=O)(=O)CC1O.[Cl-]. The van der Waals surface area contributed by atoms with Crippen LogP contribution in [0.15, 0.2) is 0 Å². The highest BCUT2D eigenvalue weighted by molar-refractivity contribution is 7.91. The lowest BCUT2D eigenvalue weighted by atomic mass is 9.97. The molecule has 4 nitrogen and oxygen atoms in total. The average Bonchev–Trinajstić information content (AvgIpc) is 2.52. The second-order valence-corrected chi connectivity index (χ2v) is 7.16.